The number of aromatic nitrogens is 2. The molecule has 0 radical (unpaired) electrons. The van der Waals surface area contributed by atoms with Crippen LogP contribution in [0.2, 0.25) is 0 Å². The summed E-state index contributed by atoms with van der Waals surface area (Å²) in [6.45, 7) is 2.59. The second-order valence-electron chi connectivity index (χ2n) is 3.65. The van der Waals surface area contributed by atoms with Crippen molar-refractivity contribution in [2.24, 2.45) is 0 Å². The molecule has 2 aromatic rings. The third kappa shape index (κ3) is 2.84. The lowest BCUT2D eigenvalue weighted by molar-refractivity contribution is 0.0595. The van der Waals surface area contributed by atoms with Gasteiger partial charge in [-0.3, -0.25) is 4.98 Å². The number of methoxy groups -OCH3 is 1. The molecule has 0 saturated carbocycles. The lowest BCUT2D eigenvalue weighted by Crippen LogP contribution is -2.05. The first kappa shape index (κ1) is 12.5. The van der Waals surface area contributed by atoms with E-state index in [1.165, 1.54) is 18.4 Å². The van der Waals surface area contributed by atoms with Crippen molar-refractivity contribution >= 4 is 22.4 Å². The number of ether oxygens (including phenoxy) is 1. The van der Waals surface area contributed by atoms with E-state index in [9.17, 15) is 4.79 Å². The maximum atomic E-state index is 11.2. The number of hydrogen-bond donors (Lipinski definition) is 1. The minimum atomic E-state index is -0.423. The molecular weight excluding hydrogens is 250 g/mol. The number of rotatable bonds is 4. The molecule has 0 aromatic carbocycles. The highest BCUT2D eigenvalue weighted by Gasteiger charge is 2.10. The fraction of sp³-hybridized carbons (Fsp3) is 0.250. The molecule has 2 rings (SSSR count). The minimum absolute atomic E-state index is 0.322. The Morgan fingerprint density at radius 2 is 2.39 bits per heavy atom. The van der Waals surface area contributed by atoms with Crippen molar-refractivity contribution in [3.63, 3.8) is 0 Å². The zero-order chi connectivity index (χ0) is 13.0. The number of hydrogen-bond acceptors (Lipinski definition) is 6. The molecule has 2 aromatic heterocycles. The molecule has 0 bridgehead atoms. The van der Waals surface area contributed by atoms with Gasteiger partial charge in [0.25, 0.3) is 0 Å². The Hall–Kier alpha value is -1.95. The van der Waals surface area contributed by atoms with Gasteiger partial charge in [0.2, 0.25) is 0 Å². The van der Waals surface area contributed by atoms with Gasteiger partial charge in [-0.15, -0.1) is 11.3 Å². The zero-order valence-electron chi connectivity index (χ0n) is 10.1. The van der Waals surface area contributed by atoms with Gasteiger partial charge in [0.15, 0.2) is 10.8 Å². The van der Waals surface area contributed by atoms with Gasteiger partial charge >= 0.3 is 5.97 Å². The molecule has 94 valence electrons. The number of anilines is 1. The highest BCUT2D eigenvalue weighted by molar-refractivity contribution is 7.13. The Bertz CT molecular complexity index is 554. The van der Waals surface area contributed by atoms with Crippen LogP contribution >= 0.6 is 11.3 Å². The maximum absolute atomic E-state index is 11.2. The van der Waals surface area contributed by atoms with E-state index in [2.05, 4.69) is 20.0 Å². The first-order chi connectivity index (χ1) is 8.70. The number of nitrogens with zero attached hydrogens (tertiary/aromatic N) is 2. The van der Waals surface area contributed by atoms with Crippen LogP contribution in [0.15, 0.2) is 23.7 Å². The number of nitrogens with one attached hydrogen (secondary N) is 1. The Kier molecular flexibility index (Phi) is 3.88. The fourth-order valence-electron chi connectivity index (χ4n) is 1.42. The van der Waals surface area contributed by atoms with Gasteiger partial charge in [-0.2, -0.15) is 0 Å². The van der Waals surface area contributed by atoms with E-state index >= 15 is 0 Å². The molecule has 0 atom stereocenters. The predicted octanol–water partition coefficient (Wildman–Crippen LogP) is 2.25. The Labute approximate surface area is 109 Å². The monoisotopic (exact) mass is 263 g/mol. The third-order valence-electron chi connectivity index (χ3n) is 2.42. The van der Waals surface area contributed by atoms with Gasteiger partial charge in [-0.1, -0.05) is 6.07 Å². The molecule has 0 saturated heterocycles. The lowest BCUT2D eigenvalue weighted by atomic mass is 10.2. The first-order valence-corrected chi connectivity index (χ1v) is 6.27. The van der Waals surface area contributed by atoms with Gasteiger partial charge in [0.1, 0.15) is 0 Å². The molecule has 0 unspecified atom stereocenters. The summed E-state index contributed by atoms with van der Waals surface area (Å²) in [5.41, 5.74) is 2.41. The Morgan fingerprint density at radius 3 is 3.11 bits per heavy atom. The van der Waals surface area contributed by atoms with Gasteiger partial charge in [0, 0.05) is 11.6 Å². The van der Waals surface area contributed by atoms with Crippen LogP contribution < -0.4 is 5.32 Å². The van der Waals surface area contributed by atoms with E-state index in [0.29, 0.717) is 17.4 Å². The lowest BCUT2D eigenvalue weighted by Gasteiger charge is -2.04. The van der Waals surface area contributed by atoms with Gasteiger partial charge < -0.3 is 10.1 Å². The summed E-state index contributed by atoms with van der Waals surface area (Å²) in [4.78, 5) is 19.6. The topological polar surface area (TPSA) is 64.1 Å². The first-order valence-electron chi connectivity index (χ1n) is 5.39. The van der Waals surface area contributed by atoms with Gasteiger partial charge in [-0.25, -0.2) is 9.78 Å². The predicted molar refractivity (Wildman–Crippen MR) is 69.8 cm³/mol. The molecule has 5 nitrogen and oxygen atoms in total. The molecule has 0 aliphatic heterocycles. The summed E-state index contributed by atoms with van der Waals surface area (Å²) in [6.07, 6.45) is 1.76. The fourth-order valence-corrected chi connectivity index (χ4v) is 2.09. The Balaban J connectivity index is 2.01. The van der Waals surface area contributed by atoms with Crippen LogP contribution in [0.4, 0.5) is 5.13 Å². The zero-order valence-corrected chi connectivity index (χ0v) is 11.0. The van der Waals surface area contributed by atoms with Crippen molar-refractivity contribution in [1.29, 1.82) is 0 Å². The van der Waals surface area contributed by atoms with Gasteiger partial charge in [0.05, 0.1) is 19.3 Å². The quantitative estimate of drug-likeness (QED) is 0.857. The number of carbonyl (C=O) groups excluding carboxylic acids is 1. The van der Waals surface area contributed by atoms with Crippen molar-refractivity contribution in [2.45, 2.75) is 13.5 Å². The van der Waals surface area contributed by atoms with Crippen molar-refractivity contribution in [3.8, 4) is 0 Å². The molecule has 0 amide bonds. The molecule has 0 spiro atoms. The Morgan fingerprint density at radius 1 is 1.56 bits per heavy atom. The summed E-state index contributed by atoms with van der Waals surface area (Å²) in [7, 11) is 1.34. The van der Waals surface area contributed by atoms with E-state index < -0.39 is 5.97 Å². The molecule has 0 aliphatic carbocycles. The second-order valence-corrected chi connectivity index (χ2v) is 4.51. The van der Waals surface area contributed by atoms with Crippen LogP contribution in [0, 0.1) is 6.92 Å². The third-order valence-corrected chi connectivity index (χ3v) is 3.22. The summed E-state index contributed by atoms with van der Waals surface area (Å²) >= 11 is 1.37. The van der Waals surface area contributed by atoms with Crippen LogP contribution in [-0.4, -0.2) is 23.0 Å². The normalized spacial score (nSPS) is 10.1. The van der Waals surface area contributed by atoms with Crippen molar-refractivity contribution in [1.82, 2.24) is 9.97 Å². The molecule has 0 fully saturated rings. The van der Waals surface area contributed by atoms with Crippen molar-refractivity contribution < 1.29 is 9.53 Å². The van der Waals surface area contributed by atoms with Crippen LogP contribution in [0.3, 0.4) is 0 Å². The van der Waals surface area contributed by atoms with E-state index in [1.54, 1.807) is 11.6 Å². The van der Waals surface area contributed by atoms with Crippen molar-refractivity contribution in [3.05, 3.63) is 40.7 Å². The number of thiazole rings is 1. The van der Waals surface area contributed by atoms with E-state index in [-0.39, 0.29) is 0 Å². The maximum Gasteiger partial charge on any atom is 0.357 e. The number of esters is 1. The molecule has 6 heteroatoms. The largest absolute Gasteiger partial charge is 0.464 e. The van der Waals surface area contributed by atoms with E-state index in [4.69, 9.17) is 0 Å². The molecule has 1 N–H and O–H groups in total. The average Bonchev–Trinajstić information content (AvgIpc) is 2.86. The van der Waals surface area contributed by atoms with E-state index in [0.717, 1.165) is 11.3 Å². The standard InChI is InChI=1S/C12H13N3O2S/c1-8-4-3-5-13-9(8)6-14-12-15-10(7-18-12)11(16)17-2/h3-5,7H,6H2,1-2H3,(H,14,15). The summed E-state index contributed by atoms with van der Waals surface area (Å²) < 4.78 is 4.60. The summed E-state index contributed by atoms with van der Waals surface area (Å²) in [6, 6.07) is 3.91. The van der Waals surface area contributed by atoms with E-state index in [1.807, 2.05) is 19.1 Å². The molecule has 0 aliphatic rings. The van der Waals surface area contributed by atoms with Crippen molar-refractivity contribution in [2.75, 3.05) is 12.4 Å². The van der Waals surface area contributed by atoms with Crippen LogP contribution in [-0.2, 0) is 11.3 Å². The van der Waals surface area contributed by atoms with Crippen LogP contribution in [0.1, 0.15) is 21.7 Å². The highest BCUT2D eigenvalue weighted by Crippen LogP contribution is 2.17. The SMILES string of the molecule is COC(=O)c1csc(NCc2ncccc2C)n1. The van der Waals surface area contributed by atoms with Crippen LogP contribution in [0.25, 0.3) is 0 Å². The second kappa shape index (κ2) is 5.59. The molecule has 18 heavy (non-hydrogen) atoms. The average molecular weight is 263 g/mol. The number of pyridine rings is 1. The van der Waals surface area contributed by atoms with Crippen LogP contribution in [0.5, 0.6) is 0 Å². The molecule has 2 heterocycles. The summed E-state index contributed by atoms with van der Waals surface area (Å²) in [5.74, 6) is -0.423. The van der Waals surface area contributed by atoms with Gasteiger partial charge in [-0.05, 0) is 18.6 Å². The summed E-state index contributed by atoms with van der Waals surface area (Å²) in [5, 5.41) is 5.49. The number of carbonyl (C=O) groups is 1. The highest BCUT2D eigenvalue weighted by atomic mass is 32.1. The smallest absolute Gasteiger partial charge is 0.357 e. The number of aryl methyl sites for hydroxylation is 1. The molecular formula is C12H13N3O2S. The minimum Gasteiger partial charge on any atom is -0.464 e.